The van der Waals surface area contributed by atoms with Gasteiger partial charge in [0.05, 0.1) is 12.0 Å². The zero-order chi connectivity index (χ0) is 17.9. The smallest absolute Gasteiger partial charge is 0.228 e. The second kappa shape index (κ2) is 7.83. The summed E-state index contributed by atoms with van der Waals surface area (Å²) in [4.78, 5) is 19.5. The van der Waals surface area contributed by atoms with Gasteiger partial charge in [-0.1, -0.05) is 20.3 Å². The molecule has 1 aliphatic carbocycles. The van der Waals surface area contributed by atoms with Crippen LogP contribution in [0.3, 0.4) is 0 Å². The van der Waals surface area contributed by atoms with Crippen LogP contribution in [0.1, 0.15) is 38.7 Å². The molecule has 2 fully saturated rings. The third kappa shape index (κ3) is 4.04. The lowest BCUT2D eigenvalue weighted by atomic mass is 9.68. The molecule has 138 valence electrons. The molecule has 2 heterocycles. The first-order chi connectivity index (χ1) is 12.0. The van der Waals surface area contributed by atoms with E-state index in [1.165, 1.54) is 5.56 Å². The van der Waals surface area contributed by atoms with E-state index in [1.807, 2.05) is 12.4 Å². The number of rotatable bonds is 7. The van der Waals surface area contributed by atoms with Gasteiger partial charge in [-0.3, -0.25) is 14.7 Å². The molecule has 2 aliphatic rings. The van der Waals surface area contributed by atoms with E-state index >= 15 is 0 Å². The van der Waals surface area contributed by atoms with Crippen molar-refractivity contribution in [2.24, 2.45) is 17.3 Å². The van der Waals surface area contributed by atoms with Crippen LogP contribution in [-0.2, 0) is 16.1 Å². The van der Waals surface area contributed by atoms with Gasteiger partial charge in [0.1, 0.15) is 0 Å². The number of pyridine rings is 1. The van der Waals surface area contributed by atoms with Gasteiger partial charge in [0.2, 0.25) is 5.91 Å². The van der Waals surface area contributed by atoms with Crippen LogP contribution in [0.2, 0.25) is 0 Å². The van der Waals surface area contributed by atoms with Gasteiger partial charge in [-0.2, -0.15) is 0 Å². The van der Waals surface area contributed by atoms with Crippen molar-refractivity contribution < 1.29 is 9.53 Å². The zero-order valence-electron chi connectivity index (χ0n) is 15.7. The van der Waals surface area contributed by atoms with Crippen molar-refractivity contribution >= 4 is 5.91 Å². The van der Waals surface area contributed by atoms with Gasteiger partial charge >= 0.3 is 0 Å². The lowest BCUT2D eigenvalue weighted by Crippen LogP contribution is -2.53. The molecule has 0 spiro atoms. The van der Waals surface area contributed by atoms with Crippen molar-refractivity contribution in [1.82, 2.24) is 15.2 Å². The molecule has 1 amide bonds. The summed E-state index contributed by atoms with van der Waals surface area (Å²) in [5.41, 5.74) is 0.994. The minimum Gasteiger partial charge on any atom is -0.384 e. The third-order valence-electron chi connectivity index (χ3n) is 5.98. The van der Waals surface area contributed by atoms with E-state index in [4.69, 9.17) is 4.74 Å². The van der Waals surface area contributed by atoms with Gasteiger partial charge in [0, 0.05) is 45.2 Å². The van der Waals surface area contributed by atoms with E-state index in [0.29, 0.717) is 18.4 Å². The SMILES string of the molecule is COCC1(C(=O)N[C@H]2CN(Cc3ccncc3)C[C@@H]2C(C)C)CCC1. The number of likely N-dealkylation sites (tertiary alicyclic amines) is 1. The van der Waals surface area contributed by atoms with E-state index in [-0.39, 0.29) is 17.4 Å². The summed E-state index contributed by atoms with van der Waals surface area (Å²) in [5, 5.41) is 3.38. The Kier molecular flexibility index (Phi) is 5.74. The first-order valence-electron chi connectivity index (χ1n) is 9.45. The van der Waals surface area contributed by atoms with E-state index in [9.17, 15) is 4.79 Å². The number of carbonyl (C=O) groups excluding carboxylic acids is 1. The van der Waals surface area contributed by atoms with Gasteiger partial charge in [-0.25, -0.2) is 0 Å². The van der Waals surface area contributed by atoms with Crippen LogP contribution in [0.4, 0.5) is 0 Å². The minimum absolute atomic E-state index is 0.196. The summed E-state index contributed by atoms with van der Waals surface area (Å²) >= 11 is 0. The second-order valence-electron chi connectivity index (χ2n) is 8.10. The lowest BCUT2D eigenvalue weighted by Gasteiger charge is -2.40. The number of amides is 1. The van der Waals surface area contributed by atoms with Gasteiger partial charge in [0.25, 0.3) is 0 Å². The van der Waals surface area contributed by atoms with Gasteiger partial charge in [-0.05, 0) is 42.4 Å². The van der Waals surface area contributed by atoms with Gasteiger partial charge in [-0.15, -0.1) is 0 Å². The molecule has 2 atom stereocenters. The number of nitrogens with zero attached hydrogens (tertiary/aromatic N) is 2. The molecule has 1 aliphatic heterocycles. The van der Waals surface area contributed by atoms with Crippen molar-refractivity contribution in [3.63, 3.8) is 0 Å². The molecular weight excluding hydrogens is 314 g/mol. The molecule has 0 aromatic carbocycles. The highest BCUT2D eigenvalue weighted by Crippen LogP contribution is 2.41. The molecule has 0 unspecified atom stereocenters. The highest BCUT2D eigenvalue weighted by molar-refractivity contribution is 5.84. The van der Waals surface area contributed by atoms with Crippen molar-refractivity contribution in [3.8, 4) is 0 Å². The van der Waals surface area contributed by atoms with Crippen molar-refractivity contribution in [2.45, 2.75) is 45.7 Å². The largest absolute Gasteiger partial charge is 0.384 e. The lowest BCUT2D eigenvalue weighted by molar-refractivity contribution is -0.141. The van der Waals surface area contributed by atoms with Crippen LogP contribution in [-0.4, -0.2) is 48.6 Å². The summed E-state index contributed by atoms with van der Waals surface area (Å²) in [6, 6.07) is 4.36. The van der Waals surface area contributed by atoms with E-state index < -0.39 is 0 Å². The summed E-state index contributed by atoms with van der Waals surface area (Å²) < 4.78 is 5.33. The zero-order valence-corrected chi connectivity index (χ0v) is 15.7. The summed E-state index contributed by atoms with van der Waals surface area (Å²) in [5.74, 6) is 1.24. The third-order valence-corrected chi connectivity index (χ3v) is 5.98. The molecule has 0 radical (unpaired) electrons. The Morgan fingerprint density at radius 1 is 1.36 bits per heavy atom. The number of nitrogens with one attached hydrogen (secondary N) is 1. The number of carbonyl (C=O) groups is 1. The van der Waals surface area contributed by atoms with Crippen LogP contribution in [0.25, 0.3) is 0 Å². The van der Waals surface area contributed by atoms with Crippen LogP contribution in [0, 0.1) is 17.3 Å². The quantitative estimate of drug-likeness (QED) is 0.825. The van der Waals surface area contributed by atoms with E-state index in [2.05, 4.69) is 41.2 Å². The second-order valence-corrected chi connectivity index (χ2v) is 8.10. The van der Waals surface area contributed by atoms with Crippen LogP contribution >= 0.6 is 0 Å². The predicted octanol–water partition coefficient (Wildman–Crippen LogP) is 2.47. The Bertz CT molecular complexity index is 572. The molecule has 3 rings (SSSR count). The van der Waals surface area contributed by atoms with Crippen LogP contribution < -0.4 is 5.32 Å². The fourth-order valence-corrected chi connectivity index (χ4v) is 4.26. The molecule has 1 aromatic rings. The Labute approximate surface area is 151 Å². The number of ether oxygens (including phenoxy) is 1. The Morgan fingerprint density at radius 3 is 2.64 bits per heavy atom. The maximum atomic E-state index is 12.9. The molecule has 1 N–H and O–H groups in total. The van der Waals surface area contributed by atoms with Crippen LogP contribution in [0.5, 0.6) is 0 Å². The summed E-state index contributed by atoms with van der Waals surface area (Å²) in [6.07, 6.45) is 6.72. The van der Waals surface area contributed by atoms with Crippen molar-refractivity contribution in [1.29, 1.82) is 0 Å². The first kappa shape index (κ1) is 18.3. The highest BCUT2D eigenvalue weighted by atomic mass is 16.5. The molecule has 1 saturated carbocycles. The average molecular weight is 345 g/mol. The molecule has 0 bridgehead atoms. The molecule has 25 heavy (non-hydrogen) atoms. The summed E-state index contributed by atoms with van der Waals surface area (Å²) in [6.45, 7) is 7.92. The van der Waals surface area contributed by atoms with Crippen LogP contribution in [0.15, 0.2) is 24.5 Å². The highest BCUT2D eigenvalue weighted by Gasteiger charge is 2.46. The van der Waals surface area contributed by atoms with Crippen molar-refractivity contribution in [3.05, 3.63) is 30.1 Å². The van der Waals surface area contributed by atoms with Gasteiger partial charge < -0.3 is 10.1 Å². The van der Waals surface area contributed by atoms with E-state index in [0.717, 1.165) is 38.9 Å². The maximum Gasteiger partial charge on any atom is 0.228 e. The average Bonchev–Trinajstić information content (AvgIpc) is 2.94. The minimum atomic E-state index is -0.283. The Balaban J connectivity index is 1.64. The summed E-state index contributed by atoms with van der Waals surface area (Å²) in [7, 11) is 1.69. The molecule has 5 nitrogen and oxygen atoms in total. The Morgan fingerprint density at radius 2 is 2.08 bits per heavy atom. The number of methoxy groups -OCH3 is 1. The standard InChI is InChI=1S/C20H31N3O2/c1-15(2)17-12-23(11-16-5-9-21-10-6-16)13-18(17)22-19(24)20(14-25-3)7-4-8-20/h5-6,9-10,15,17-18H,4,7-8,11-14H2,1-3H3,(H,22,24)/t17-,18+/m1/s1. The maximum absolute atomic E-state index is 12.9. The molecule has 5 heteroatoms. The van der Waals surface area contributed by atoms with E-state index in [1.54, 1.807) is 7.11 Å². The number of hydrogen-bond acceptors (Lipinski definition) is 4. The fourth-order valence-electron chi connectivity index (χ4n) is 4.26. The van der Waals surface area contributed by atoms with Gasteiger partial charge in [0.15, 0.2) is 0 Å². The monoisotopic (exact) mass is 345 g/mol. The molecular formula is C20H31N3O2. The molecule has 1 saturated heterocycles. The normalized spacial score (nSPS) is 25.8. The first-order valence-corrected chi connectivity index (χ1v) is 9.45. The van der Waals surface area contributed by atoms with Crippen molar-refractivity contribution in [2.75, 3.05) is 26.8 Å². The molecule has 1 aromatic heterocycles. The number of aromatic nitrogens is 1. The number of hydrogen-bond donors (Lipinski definition) is 1. The predicted molar refractivity (Wildman–Crippen MR) is 97.9 cm³/mol. The topological polar surface area (TPSA) is 54.5 Å². The Hall–Kier alpha value is -1.46. The fraction of sp³-hybridized carbons (Fsp3) is 0.700.